The molecule has 0 unspecified atom stereocenters. The van der Waals surface area contributed by atoms with Crippen LogP contribution >= 0.6 is 0 Å². The smallest absolute Gasteiger partial charge is 0.255 e. The lowest BCUT2D eigenvalue weighted by molar-refractivity contribution is 0.102. The summed E-state index contributed by atoms with van der Waals surface area (Å²) in [7, 11) is 0. The van der Waals surface area contributed by atoms with E-state index in [1.54, 1.807) is 18.2 Å². The Morgan fingerprint density at radius 3 is 2.45 bits per heavy atom. The van der Waals surface area contributed by atoms with Gasteiger partial charge in [-0.3, -0.25) is 4.79 Å². The number of hydrogen-bond donors (Lipinski definition) is 1. The van der Waals surface area contributed by atoms with Crippen molar-refractivity contribution >= 4 is 11.6 Å². The molecule has 1 N–H and O–H groups in total. The molecule has 0 saturated carbocycles. The van der Waals surface area contributed by atoms with Gasteiger partial charge in [-0.1, -0.05) is 19.1 Å². The minimum Gasteiger partial charge on any atom is -0.494 e. The van der Waals surface area contributed by atoms with E-state index in [-0.39, 0.29) is 5.91 Å². The maximum Gasteiger partial charge on any atom is 0.255 e. The second-order valence-corrected chi connectivity index (χ2v) is 4.79. The van der Waals surface area contributed by atoms with Crippen LogP contribution in [0.4, 0.5) is 5.69 Å². The number of rotatable bonds is 7. The van der Waals surface area contributed by atoms with E-state index in [1.165, 1.54) is 0 Å². The van der Waals surface area contributed by atoms with Crippen molar-refractivity contribution in [2.24, 2.45) is 0 Å². The van der Waals surface area contributed by atoms with Gasteiger partial charge in [0.05, 0.1) is 13.2 Å². The van der Waals surface area contributed by atoms with E-state index in [9.17, 15) is 4.79 Å². The van der Waals surface area contributed by atoms with Crippen LogP contribution in [0.5, 0.6) is 11.5 Å². The summed E-state index contributed by atoms with van der Waals surface area (Å²) in [4.78, 5) is 12.3. The Bertz CT molecular complexity index is 625. The Labute approximate surface area is 131 Å². The summed E-state index contributed by atoms with van der Waals surface area (Å²) in [5.41, 5.74) is 1.27. The predicted octanol–water partition coefficient (Wildman–Crippen LogP) is 4.13. The Morgan fingerprint density at radius 2 is 1.73 bits per heavy atom. The fourth-order valence-corrected chi connectivity index (χ4v) is 1.98. The first-order chi connectivity index (χ1) is 10.7. The molecule has 0 aliphatic heterocycles. The molecular formula is C18H21NO3. The van der Waals surface area contributed by atoms with Gasteiger partial charge in [0.15, 0.2) is 0 Å². The third kappa shape index (κ3) is 4.52. The monoisotopic (exact) mass is 299 g/mol. The number of nitrogens with one attached hydrogen (secondary N) is 1. The first-order valence-corrected chi connectivity index (χ1v) is 7.50. The molecule has 0 saturated heterocycles. The lowest BCUT2D eigenvalue weighted by atomic mass is 10.2. The molecular weight excluding hydrogens is 278 g/mol. The van der Waals surface area contributed by atoms with Crippen LogP contribution in [0, 0.1) is 0 Å². The van der Waals surface area contributed by atoms with E-state index in [4.69, 9.17) is 9.47 Å². The van der Waals surface area contributed by atoms with E-state index in [2.05, 4.69) is 5.32 Å². The molecule has 0 aromatic heterocycles. The van der Waals surface area contributed by atoms with Gasteiger partial charge >= 0.3 is 0 Å². The first-order valence-electron chi connectivity index (χ1n) is 7.50. The third-order valence-corrected chi connectivity index (χ3v) is 2.97. The van der Waals surface area contributed by atoms with E-state index >= 15 is 0 Å². The van der Waals surface area contributed by atoms with E-state index < -0.39 is 0 Å². The summed E-state index contributed by atoms with van der Waals surface area (Å²) < 4.78 is 11.0. The highest BCUT2D eigenvalue weighted by atomic mass is 16.5. The molecule has 0 radical (unpaired) electrons. The molecule has 0 aliphatic rings. The SMILES string of the molecule is CCCOc1cccc(C(=O)Nc2cccc(OCC)c2)c1. The summed E-state index contributed by atoms with van der Waals surface area (Å²) in [6, 6.07) is 14.5. The van der Waals surface area contributed by atoms with Gasteiger partial charge in [-0.05, 0) is 43.7 Å². The molecule has 2 rings (SSSR count). The number of hydrogen-bond acceptors (Lipinski definition) is 3. The van der Waals surface area contributed by atoms with Crippen LogP contribution < -0.4 is 14.8 Å². The Hall–Kier alpha value is -2.49. The van der Waals surface area contributed by atoms with Crippen molar-refractivity contribution in [1.29, 1.82) is 0 Å². The quantitative estimate of drug-likeness (QED) is 0.836. The lowest BCUT2D eigenvalue weighted by Crippen LogP contribution is -2.12. The number of anilines is 1. The second kappa shape index (κ2) is 8.08. The molecule has 0 atom stereocenters. The molecule has 0 fully saturated rings. The van der Waals surface area contributed by atoms with E-state index in [0.717, 1.165) is 12.2 Å². The van der Waals surface area contributed by atoms with Crippen LogP contribution in [-0.4, -0.2) is 19.1 Å². The molecule has 4 heteroatoms. The van der Waals surface area contributed by atoms with Gasteiger partial charge in [0, 0.05) is 17.3 Å². The zero-order chi connectivity index (χ0) is 15.8. The molecule has 0 spiro atoms. The van der Waals surface area contributed by atoms with Gasteiger partial charge in [-0.25, -0.2) is 0 Å². The van der Waals surface area contributed by atoms with Gasteiger partial charge in [-0.2, -0.15) is 0 Å². The van der Waals surface area contributed by atoms with Crippen LogP contribution in [0.2, 0.25) is 0 Å². The fraction of sp³-hybridized carbons (Fsp3) is 0.278. The zero-order valence-electron chi connectivity index (χ0n) is 13.0. The van der Waals surface area contributed by atoms with Gasteiger partial charge < -0.3 is 14.8 Å². The maximum atomic E-state index is 12.3. The Balaban J connectivity index is 2.07. The van der Waals surface area contributed by atoms with Gasteiger partial charge in [0.25, 0.3) is 5.91 Å². The normalized spacial score (nSPS) is 10.1. The van der Waals surface area contributed by atoms with Crippen LogP contribution in [0.1, 0.15) is 30.6 Å². The second-order valence-electron chi connectivity index (χ2n) is 4.79. The van der Waals surface area contributed by atoms with Gasteiger partial charge in [0.2, 0.25) is 0 Å². The predicted molar refractivity (Wildman–Crippen MR) is 87.8 cm³/mol. The van der Waals surface area contributed by atoms with Crippen LogP contribution in [-0.2, 0) is 0 Å². The molecule has 0 aliphatic carbocycles. The van der Waals surface area contributed by atoms with Crippen LogP contribution in [0.15, 0.2) is 48.5 Å². The molecule has 4 nitrogen and oxygen atoms in total. The highest BCUT2D eigenvalue weighted by molar-refractivity contribution is 6.04. The van der Waals surface area contributed by atoms with Gasteiger partial charge in [-0.15, -0.1) is 0 Å². The van der Waals surface area contributed by atoms with Crippen molar-refractivity contribution in [1.82, 2.24) is 0 Å². The topological polar surface area (TPSA) is 47.6 Å². The lowest BCUT2D eigenvalue weighted by Gasteiger charge is -2.09. The van der Waals surface area contributed by atoms with Crippen LogP contribution in [0.3, 0.4) is 0 Å². The number of carbonyl (C=O) groups excluding carboxylic acids is 1. The minimum atomic E-state index is -0.171. The first kappa shape index (κ1) is 15.9. The van der Waals surface area contributed by atoms with Crippen molar-refractivity contribution in [3.05, 3.63) is 54.1 Å². The Kier molecular flexibility index (Phi) is 5.83. The van der Waals surface area contributed by atoms with Crippen molar-refractivity contribution < 1.29 is 14.3 Å². The molecule has 116 valence electrons. The van der Waals surface area contributed by atoms with Crippen molar-refractivity contribution in [2.45, 2.75) is 20.3 Å². The molecule has 2 aromatic carbocycles. The highest BCUT2D eigenvalue weighted by Crippen LogP contribution is 2.19. The average Bonchev–Trinajstić information content (AvgIpc) is 2.54. The number of carbonyl (C=O) groups is 1. The maximum absolute atomic E-state index is 12.3. The fourth-order valence-electron chi connectivity index (χ4n) is 1.98. The Morgan fingerprint density at radius 1 is 1.00 bits per heavy atom. The summed E-state index contributed by atoms with van der Waals surface area (Å²) in [6.45, 7) is 5.20. The molecule has 0 bridgehead atoms. The number of ether oxygens (including phenoxy) is 2. The molecule has 2 aromatic rings. The highest BCUT2D eigenvalue weighted by Gasteiger charge is 2.08. The molecule has 0 heterocycles. The number of benzene rings is 2. The largest absolute Gasteiger partial charge is 0.494 e. The van der Waals surface area contributed by atoms with Gasteiger partial charge in [0.1, 0.15) is 11.5 Å². The minimum absolute atomic E-state index is 0.171. The van der Waals surface area contributed by atoms with E-state index in [0.29, 0.717) is 30.2 Å². The summed E-state index contributed by atoms with van der Waals surface area (Å²) in [5.74, 6) is 1.27. The van der Waals surface area contributed by atoms with Crippen LogP contribution in [0.25, 0.3) is 0 Å². The van der Waals surface area contributed by atoms with Crippen molar-refractivity contribution in [3.8, 4) is 11.5 Å². The van der Waals surface area contributed by atoms with E-state index in [1.807, 2.05) is 44.2 Å². The third-order valence-electron chi connectivity index (χ3n) is 2.97. The zero-order valence-corrected chi connectivity index (χ0v) is 13.0. The summed E-state index contributed by atoms with van der Waals surface area (Å²) in [6.07, 6.45) is 0.931. The van der Waals surface area contributed by atoms with Crippen molar-refractivity contribution in [3.63, 3.8) is 0 Å². The summed E-state index contributed by atoms with van der Waals surface area (Å²) >= 11 is 0. The molecule has 22 heavy (non-hydrogen) atoms. The number of amides is 1. The standard InChI is InChI=1S/C18H21NO3/c1-3-11-22-16-9-5-7-14(12-16)18(20)19-15-8-6-10-17(13-15)21-4-2/h5-10,12-13H,3-4,11H2,1-2H3,(H,19,20). The average molecular weight is 299 g/mol. The summed E-state index contributed by atoms with van der Waals surface area (Å²) in [5, 5.41) is 2.87. The van der Waals surface area contributed by atoms with Crippen molar-refractivity contribution in [2.75, 3.05) is 18.5 Å². The molecule has 1 amide bonds.